The molecule has 3 rings (SSSR count). The monoisotopic (exact) mass is 412 g/mol. The van der Waals surface area contributed by atoms with Crippen LogP contribution in [0.25, 0.3) is 6.08 Å². The van der Waals surface area contributed by atoms with Gasteiger partial charge in [0.25, 0.3) is 5.91 Å². The lowest BCUT2D eigenvalue weighted by atomic mass is 10.1. The molecule has 2 aromatic rings. The molecule has 142 valence electrons. The van der Waals surface area contributed by atoms with Gasteiger partial charge in [-0.1, -0.05) is 41.8 Å². The highest BCUT2D eigenvalue weighted by molar-refractivity contribution is 8.18. The summed E-state index contributed by atoms with van der Waals surface area (Å²) in [4.78, 5) is 19.2. The van der Waals surface area contributed by atoms with Crippen molar-refractivity contribution in [3.63, 3.8) is 0 Å². The van der Waals surface area contributed by atoms with E-state index in [9.17, 15) is 4.79 Å². The maximum atomic E-state index is 12.7. The number of amidine groups is 1. The molecule has 1 amide bonds. The summed E-state index contributed by atoms with van der Waals surface area (Å²) in [5, 5.41) is 1.06. The quantitative estimate of drug-likeness (QED) is 0.532. The zero-order valence-electron chi connectivity index (χ0n) is 15.3. The Kier molecular flexibility index (Phi) is 6.30. The summed E-state index contributed by atoms with van der Waals surface area (Å²) in [6.07, 6.45) is 7.05. The second kappa shape index (κ2) is 8.87. The fraction of sp³-hybridized carbons (Fsp3) is 0.143. The van der Waals surface area contributed by atoms with E-state index in [0.717, 1.165) is 0 Å². The van der Waals surface area contributed by atoms with Gasteiger partial charge in [0, 0.05) is 12.6 Å². The van der Waals surface area contributed by atoms with Crippen LogP contribution in [-0.4, -0.2) is 36.7 Å². The topological polar surface area (TPSA) is 51.1 Å². The molecule has 28 heavy (non-hydrogen) atoms. The highest BCUT2D eigenvalue weighted by Crippen LogP contribution is 2.38. The van der Waals surface area contributed by atoms with E-state index in [2.05, 4.69) is 10.9 Å². The standard InChI is InChI=1S/C21H17ClN2O3S/c1-4-12-27-19-14(8-7-11-17(19)26-3)13-18-20(25)24(2)21(28-18)23-16-10-6-5-9-15(16)22/h1,5-11,13H,12H2,2-3H3/b18-13-,23-21?. The van der Waals surface area contributed by atoms with Crippen LogP contribution in [0.1, 0.15) is 5.56 Å². The highest BCUT2D eigenvalue weighted by Gasteiger charge is 2.31. The van der Waals surface area contributed by atoms with Crippen LogP contribution < -0.4 is 9.47 Å². The number of hydrogen-bond acceptors (Lipinski definition) is 5. The van der Waals surface area contributed by atoms with Crippen molar-refractivity contribution < 1.29 is 14.3 Å². The third kappa shape index (κ3) is 4.16. The number of para-hydroxylation sites is 2. The van der Waals surface area contributed by atoms with Crippen molar-refractivity contribution >= 4 is 46.2 Å². The number of amides is 1. The van der Waals surface area contributed by atoms with Gasteiger partial charge in [0.1, 0.15) is 6.61 Å². The molecule has 0 saturated carbocycles. The number of benzene rings is 2. The van der Waals surface area contributed by atoms with Crippen molar-refractivity contribution in [3.8, 4) is 23.8 Å². The molecule has 0 aliphatic carbocycles. The van der Waals surface area contributed by atoms with Crippen LogP contribution in [0.4, 0.5) is 5.69 Å². The van der Waals surface area contributed by atoms with Gasteiger partial charge in [-0.3, -0.25) is 9.69 Å². The van der Waals surface area contributed by atoms with Crippen molar-refractivity contribution in [2.45, 2.75) is 0 Å². The van der Waals surface area contributed by atoms with E-state index in [0.29, 0.717) is 37.8 Å². The second-order valence-electron chi connectivity index (χ2n) is 5.69. The summed E-state index contributed by atoms with van der Waals surface area (Å²) in [5.74, 6) is 3.30. The maximum absolute atomic E-state index is 12.7. The Morgan fingerprint density at radius 2 is 2.07 bits per heavy atom. The first-order valence-electron chi connectivity index (χ1n) is 8.29. The number of hydrogen-bond donors (Lipinski definition) is 0. The minimum atomic E-state index is -0.165. The molecule has 0 spiro atoms. The molecule has 7 heteroatoms. The molecule has 0 atom stereocenters. The summed E-state index contributed by atoms with van der Waals surface area (Å²) in [5.41, 5.74) is 1.30. The second-order valence-corrected chi connectivity index (χ2v) is 7.11. The Bertz CT molecular complexity index is 1010. The van der Waals surface area contributed by atoms with E-state index in [1.54, 1.807) is 38.4 Å². The number of rotatable bonds is 5. The summed E-state index contributed by atoms with van der Waals surface area (Å²) in [6, 6.07) is 12.6. The van der Waals surface area contributed by atoms with Crippen LogP contribution in [0, 0.1) is 12.3 Å². The molecule has 1 heterocycles. The Morgan fingerprint density at radius 1 is 1.29 bits per heavy atom. The Hall–Kier alpha value is -2.88. The lowest BCUT2D eigenvalue weighted by molar-refractivity contribution is -0.121. The first-order chi connectivity index (χ1) is 13.5. The summed E-state index contributed by atoms with van der Waals surface area (Å²) in [7, 11) is 3.22. The lowest BCUT2D eigenvalue weighted by Gasteiger charge is -2.11. The molecule has 1 saturated heterocycles. The summed E-state index contributed by atoms with van der Waals surface area (Å²) >= 11 is 7.44. The number of carbonyl (C=O) groups is 1. The van der Waals surface area contributed by atoms with Gasteiger partial charge in [-0.25, -0.2) is 4.99 Å². The van der Waals surface area contributed by atoms with Gasteiger partial charge >= 0.3 is 0 Å². The van der Waals surface area contributed by atoms with Gasteiger partial charge in [0.2, 0.25) is 0 Å². The van der Waals surface area contributed by atoms with E-state index in [1.165, 1.54) is 16.7 Å². The van der Waals surface area contributed by atoms with E-state index in [4.69, 9.17) is 27.5 Å². The Labute approximate surface area is 173 Å². The van der Waals surface area contributed by atoms with Crippen LogP contribution in [0.2, 0.25) is 5.02 Å². The number of methoxy groups -OCH3 is 1. The fourth-order valence-corrected chi connectivity index (χ4v) is 3.66. The van der Waals surface area contributed by atoms with Crippen LogP contribution in [0.3, 0.4) is 0 Å². The Balaban J connectivity index is 1.97. The van der Waals surface area contributed by atoms with Gasteiger partial charge in [-0.05, 0) is 36.0 Å². The minimum Gasteiger partial charge on any atom is -0.493 e. The maximum Gasteiger partial charge on any atom is 0.266 e. The first kappa shape index (κ1) is 19.9. The Morgan fingerprint density at radius 3 is 2.79 bits per heavy atom. The van der Waals surface area contributed by atoms with Gasteiger partial charge in [-0.2, -0.15) is 0 Å². The molecule has 0 N–H and O–H groups in total. The van der Waals surface area contributed by atoms with Crippen molar-refractivity contribution in [2.24, 2.45) is 4.99 Å². The van der Waals surface area contributed by atoms with Crippen molar-refractivity contribution in [1.29, 1.82) is 0 Å². The third-order valence-corrected chi connectivity index (χ3v) is 5.27. The summed E-state index contributed by atoms with van der Waals surface area (Å²) in [6.45, 7) is 0.0940. The number of ether oxygens (including phenoxy) is 2. The first-order valence-corrected chi connectivity index (χ1v) is 9.48. The molecule has 1 fully saturated rings. The van der Waals surface area contributed by atoms with Crippen LogP contribution in [0.15, 0.2) is 52.4 Å². The zero-order valence-corrected chi connectivity index (χ0v) is 16.9. The van der Waals surface area contributed by atoms with Crippen molar-refractivity contribution in [3.05, 3.63) is 58.0 Å². The molecule has 0 radical (unpaired) electrons. The van der Waals surface area contributed by atoms with Crippen molar-refractivity contribution in [1.82, 2.24) is 4.90 Å². The molecular weight excluding hydrogens is 396 g/mol. The minimum absolute atomic E-state index is 0.0940. The number of halogens is 1. The smallest absolute Gasteiger partial charge is 0.266 e. The lowest BCUT2D eigenvalue weighted by Crippen LogP contribution is -2.23. The molecule has 1 aliphatic heterocycles. The van der Waals surface area contributed by atoms with E-state index >= 15 is 0 Å². The normalized spacial score (nSPS) is 16.5. The van der Waals surface area contributed by atoms with Crippen LogP contribution in [-0.2, 0) is 4.79 Å². The molecule has 2 aromatic carbocycles. The number of nitrogens with zero attached hydrogens (tertiary/aromatic N) is 2. The number of likely N-dealkylation sites (N-methyl/N-ethyl adjacent to an activating group) is 1. The molecule has 0 unspecified atom stereocenters. The van der Waals surface area contributed by atoms with E-state index < -0.39 is 0 Å². The van der Waals surface area contributed by atoms with Crippen molar-refractivity contribution in [2.75, 3.05) is 20.8 Å². The van der Waals surface area contributed by atoms with E-state index in [-0.39, 0.29) is 12.5 Å². The van der Waals surface area contributed by atoms with Crippen LogP contribution >= 0.6 is 23.4 Å². The highest BCUT2D eigenvalue weighted by atomic mass is 35.5. The zero-order chi connectivity index (χ0) is 20.1. The molecule has 0 aromatic heterocycles. The van der Waals surface area contributed by atoms with Gasteiger partial charge in [0.15, 0.2) is 16.7 Å². The van der Waals surface area contributed by atoms with Gasteiger partial charge in [-0.15, -0.1) is 6.42 Å². The molecular formula is C21H17ClN2O3S. The molecule has 5 nitrogen and oxygen atoms in total. The van der Waals surface area contributed by atoms with Gasteiger partial charge in [0.05, 0.1) is 22.7 Å². The molecule has 0 bridgehead atoms. The predicted molar refractivity (Wildman–Crippen MR) is 114 cm³/mol. The number of thioether (sulfide) groups is 1. The summed E-state index contributed by atoms with van der Waals surface area (Å²) < 4.78 is 11.0. The number of aliphatic imine (C=N–C) groups is 1. The van der Waals surface area contributed by atoms with E-state index in [1.807, 2.05) is 24.3 Å². The average molecular weight is 413 g/mol. The largest absolute Gasteiger partial charge is 0.493 e. The van der Waals surface area contributed by atoms with Crippen LogP contribution in [0.5, 0.6) is 11.5 Å². The fourth-order valence-electron chi connectivity index (χ4n) is 2.51. The number of terminal acetylenes is 1. The third-order valence-electron chi connectivity index (χ3n) is 3.89. The molecule has 1 aliphatic rings. The SMILES string of the molecule is C#CCOc1c(/C=C2\SC(=Nc3ccccc3Cl)N(C)C2=O)cccc1OC. The van der Waals surface area contributed by atoms with Gasteiger partial charge < -0.3 is 9.47 Å². The predicted octanol–water partition coefficient (Wildman–Crippen LogP) is 4.59. The average Bonchev–Trinajstić information content (AvgIpc) is 2.96. The number of carbonyl (C=O) groups excluding carboxylic acids is 1.